The summed E-state index contributed by atoms with van der Waals surface area (Å²) in [6, 6.07) is 10.9. The molecule has 2 aromatic heterocycles. The van der Waals surface area contributed by atoms with E-state index in [9.17, 15) is 0 Å². The molecule has 1 fully saturated rings. The van der Waals surface area contributed by atoms with Gasteiger partial charge in [-0.2, -0.15) is 4.99 Å². The average molecular weight is 443 g/mol. The fraction of sp³-hybridized carbons (Fsp3) is 0.200. The van der Waals surface area contributed by atoms with Crippen LogP contribution in [0, 0.1) is 0 Å². The van der Waals surface area contributed by atoms with Gasteiger partial charge in [-0.15, -0.1) is 0 Å². The minimum absolute atomic E-state index is 0.301. The Morgan fingerprint density at radius 2 is 1.80 bits per heavy atom. The van der Waals surface area contributed by atoms with Crippen LogP contribution in [0.1, 0.15) is 0 Å². The van der Waals surface area contributed by atoms with Crippen molar-refractivity contribution in [1.29, 1.82) is 0 Å². The fourth-order valence-electron chi connectivity index (χ4n) is 3.21. The molecule has 3 heterocycles. The smallest absolute Gasteiger partial charge is 0.198 e. The quantitative estimate of drug-likeness (QED) is 0.473. The number of nitrogens with zero attached hydrogens (tertiary/aromatic N) is 6. The summed E-state index contributed by atoms with van der Waals surface area (Å²) >= 11 is 12.4. The van der Waals surface area contributed by atoms with Crippen LogP contribution < -0.4 is 16.4 Å². The van der Waals surface area contributed by atoms with E-state index in [-0.39, 0.29) is 0 Å². The molecule has 4 N–H and O–H groups in total. The molecule has 0 amide bonds. The first-order chi connectivity index (χ1) is 14.5. The first kappa shape index (κ1) is 20.2. The minimum atomic E-state index is 0.301. The summed E-state index contributed by atoms with van der Waals surface area (Å²) in [6.45, 7) is 2.82. The Hall–Kier alpha value is -3.10. The van der Waals surface area contributed by atoms with E-state index in [4.69, 9.17) is 34.7 Å². The summed E-state index contributed by atoms with van der Waals surface area (Å²) in [5.74, 6) is 2.04. The predicted octanol–water partition coefficient (Wildman–Crippen LogP) is 3.20. The highest BCUT2D eigenvalue weighted by atomic mass is 35.5. The second kappa shape index (κ2) is 8.73. The number of nitrogens with two attached hydrogens (primary N) is 2. The Morgan fingerprint density at radius 3 is 2.50 bits per heavy atom. The van der Waals surface area contributed by atoms with Crippen molar-refractivity contribution in [3.63, 3.8) is 0 Å². The molecule has 0 atom stereocenters. The van der Waals surface area contributed by atoms with Crippen molar-refractivity contribution in [3.8, 4) is 11.3 Å². The van der Waals surface area contributed by atoms with Crippen molar-refractivity contribution in [1.82, 2.24) is 19.9 Å². The lowest BCUT2D eigenvalue weighted by molar-refractivity contribution is 0.381. The molecular weight excluding hydrogens is 423 g/mol. The summed E-state index contributed by atoms with van der Waals surface area (Å²) < 4.78 is 0. The molecule has 1 aliphatic rings. The van der Waals surface area contributed by atoms with E-state index in [1.165, 1.54) is 0 Å². The van der Waals surface area contributed by atoms with E-state index in [2.05, 4.69) is 24.8 Å². The molecule has 154 valence electrons. The molecule has 1 saturated heterocycles. The molecule has 3 aromatic rings. The van der Waals surface area contributed by atoms with E-state index in [1.807, 2.05) is 29.2 Å². The maximum absolute atomic E-state index is 6.29. The molecule has 1 aliphatic heterocycles. The van der Waals surface area contributed by atoms with Gasteiger partial charge in [0.05, 0.1) is 16.2 Å². The normalized spacial score (nSPS) is 14.8. The zero-order valence-corrected chi connectivity index (χ0v) is 17.6. The lowest BCUT2D eigenvalue weighted by atomic mass is 10.1. The number of nitrogen functional groups attached to an aromatic ring is 1. The number of guanidine groups is 1. The molecule has 0 saturated carbocycles. The number of hydrogen-bond acceptors (Lipinski definition) is 6. The van der Waals surface area contributed by atoms with Crippen molar-refractivity contribution in [2.24, 2.45) is 10.7 Å². The van der Waals surface area contributed by atoms with Gasteiger partial charge in [0.1, 0.15) is 11.5 Å². The van der Waals surface area contributed by atoms with Crippen LogP contribution in [0.3, 0.4) is 0 Å². The van der Waals surface area contributed by atoms with E-state index >= 15 is 0 Å². The topological polar surface area (TPSA) is 110 Å². The van der Waals surface area contributed by atoms with Crippen LogP contribution in [0.15, 0.2) is 53.8 Å². The molecule has 4 rings (SSSR count). The zero-order chi connectivity index (χ0) is 21.1. The van der Waals surface area contributed by atoms with Crippen LogP contribution in [-0.2, 0) is 0 Å². The first-order valence-electron chi connectivity index (χ1n) is 9.35. The first-order valence-corrected chi connectivity index (χ1v) is 10.1. The molecule has 0 aliphatic carbocycles. The summed E-state index contributed by atoms with van der Waals surface area (Å²) in [5, 5.41) is 0.852. The van der Waals surface area contributed by atoms with Crippen molar-refractivity contribution >= 4 is 46.6 Å². The van der Waals surface area contributed by atoms with Crippen LogP contribution in [0.2, 0.25) is 10.0 Å². The SMILES string of the molecule is N/C(=N\c1ccccn1)N1CCN(c2cnc(-c3cccc(Cl)c3Cl)c(N)n2)CC1. The predicted molar refractivity (Wildman–Crippen MR) is 121 cm³/mol. The average Bonchev–Trinajstić information content (AvgIpc) is 2.77. The fourth-order valence-corrected chi connectivity index (χ4v) is 3.60. The molecule has 0 spiro atoms. The van der Waals surface area contributed by atoms with E-state index in [0.717, 1.165) is 0 Å². The Kier molecular flexibility index (Phi) is 5.87. The van der Waals surface area contributed by atoms with Crippen LogP contribution in [0.25, 0.3) is 11.3 Å². The molecule has 0 bridgehead atoms. The summed E-state index contributed by atoms with van der Waals surface area (Å²) in [6.07, 6.45) is 3.39. The highest BCUT2D eigenvalue weighted by molar-refractivity contribution is 6.43. The number of aliphatic imine (C=N–C) groups is 1. The number of benzene rings is 1. The van der Waals surface area contributed by atoms with E-state index in [1.54, 1.807) is 24.5 Å². The lowest BCUT2D eigenvalue weighted by Crippen LogP contribution is -2.51. The van der Waals surface area contributed by atoms with Gasteiger partial charge in [-0.05, 0) is 18.2 Å². The number of anilines is 2. The number of hydrogen-bond donors (Lipinski definition) is 2. The number of piperazine rings is 1. The van der Waals surface area contributed by atoms with Crippen LogP contribution in [0.5, 0.6) is 0 Å². The largest absolute Gasteiger partial charge is 0.382 e. The van der Waals surface area contributed by atoms with Gasteiger partial charge >= 0.3 is 0 Å². The second-order valence-electron chi connectivity index (χ2n) is 6.70. The van der Waals surface area contributed by atoms with Gasteiger partial charge < -0.3 is 21.3 Å². The maximum atomic E-state index is 6.29. The Morgan fingerprint density at radius 1 is 1.00 bits per heavy atom. The van der Waals surface area contributed by atoms with Gasteiger partial charge in [0.15, 0.2) is 17.6 Å². The van der Waals surface area contributed by atoms with Gasteiger partial charge in [0.2, 0.25) is 0 Å². The second-order valence-corrected chi connectivity index (χ2v) is 7.48. The molecule has 0 radical (unpaired) electrons. The minimum Gasteiger partial charge on any atom is -0.382 e. The molecule has 10 heteroatoms. The number of aromatic nitrogens is 3. The summed E-state index contributed by atoms with van der Waals surface area (Å²) in [5.41, 5.74) is 13.5. The van der Waals surface area contributed by atoms with Gasteiger partial charge in [-0.3, -0.25) is 0 Å². The van der Waals surface area contributed by atoms with E-state index < -0.39 is 0 Å². The third kappa shape index (κ3) is 4.24. The number of rotatable bonds is 3. The van der Waals surface area contributed by atoms with Gasteiger partial charge in [-0.25, -0.2) is 15.0 Å². The van der Waals surface area contributed by atoms with Gasteiger partial charge in [-0.1, -0.05) is 41.4 Å². The molecule has 30 heavy (non-hydrogen) atoms. The monoisotopic (exact) mass is 442 g/mol. The Bertz CT molecular complexity index is 1070. The highest BCUT2D eigenvalue weighted by Crippen LogP contribution is 2.35. The molecule has 1 aromatic carbocycles. The third-order valence-electron chi connectivity index (χ3n) is 4.80. The van der Waals surface area contributed by atoms with Crippen molar-refractivity contribution in [2.75, 3.05) is 36.8 Å². The zero-order valence-electron chi connectivity index (χ0n) is 16.0. The highest BCUT2D eigenvalue weighted by Gasteiger charge is 2.21. The van der Waals surface area contributed by atoms with Crippen molar-refractivity contribution < 1.29 is 0 Å². The van der Waals surface area contributed by atoms with Crippen LogP contribution >= 0.6 is 23.2 Å². The van der Waals surface area contributed by atoms with Gasteiger partial charge in [0.25, 0.3) is 0 Å². The van der Waals surface area contributed by atoms with Crippen molar-refractivity contribution in [3.05, 3.63) is 58.8 Å². The standard InChI is InChI=1S/C20H20Cl2N8/c21-14-5-3-4-13(17(14)22)18-19(23)28-16(12-26-18)29-8-10-30(11-9-29)20(24)27-15-6-1-2-7-25-15/h1-7,12H,8-11H2,(H2,23,28)(H2,24,25,27). The van der Waals surface area contributed by atoms with Crippen molar-refractivity contribution in [2.45, 2.75) is 0 Å². The van der Waals surface area contributed by atoms with E-state index in [0.29, 0.717) is 70.9 Å². The molecular formula is C20H20Cl2N8. The van der Waals surface area contributed by atoms with Gasteiger partial charge in [0, 0.05) is 37.9 Å². The Balaban J connectivity index is 1.46. The third-order valence-corrected chi connectivity index (χ3v) is 5.62. The van der Waals surface area contributed by atoms with Crippen LogP contribution in [-0.4, -0.2) is 52.0 Å². The molecule has 8 nitrogen and oxygen atoms in total. The summed E-state index contributed by atoms with van der Waals surface area (Å²) in [4.78, 5) is 21.7. The Labute approximate surface area is 184 Å². The molecule has 0 unspecified atom stereocenters. The van der Waals surface area contributed by atoms with Crippen LogP contribution in [0.4, 0.5) is 17.5 Å². The number of halogens is 2. The lowest BCUT2D eigenvalue weighted by Gasteiger charge is -2.35. The summed E-state index contributed by atoms with van der Waals surface area (Å²) in [7, 11) is 0. The number of pyridine rings is 1. The maximum Gasteiger partial charge on any atom is 0.198 e.